The summed E-state index contributed by atoms with van der Waals surface area (Å²) in [6.45, 7) is 4.33. The van der Waals surface area contributed by atoms with E-state index in [0.717, 1.165) is 43.2 Å². The van der Waals surface area contributed by atoms with Gasteiger partial charge in [0.25, 0.3) is 0 Å². The van der Waals surface area contributed by atoms with Gasteiger partial charge in [0, 0.05) is 12.8 Å². The van der Waals surface area contributed by atoms with E-state index >= 15 is 0 Å². The van der Waals surface area contributed by atoms with Gasteiger partial charge in [0.1, 0.15) is 12.2 Å². The molecule has 27 heavy (non-hydrogen) atoms. The Bertz CT molecular complexity index is 717. The lowest BCUT2D eigenvalue weighted by molar-refractivity contribution is -0.325. The summed E-state index contributed by atoms with van der Waals surface area (Å²) in [5.41, 5.74) is 2.29. The quantitative estimate of drug-likeness (QED) is 0.655. The molecule has 144 valence electrons. The average molecular weight is 367 g/mol. The van der Waals surface area contributed by atoms with Gasteiger partial charge in [-0.2, -0.15) is 0 Å². The van der Waals surface area contributed by atoms with E-state index in [4.69, 9.17) is 14.2 Å². The summed E-state index contributed by atoms with van der Waals surface area (Å²) >= 11 is 0. The van der Waals surface area contributed by atoms with Crippen LogP contribution in [-0.2, 0) is 14.2 Å². The van der Waals surface area contributed by atoms with Gasteiger partial charge in [0.2, 0.25) is 0 Å². The molecule has 3 heteroatoms. The van der Waals surface area contributed by atoms with Gasteiger partial charge in [-0.05, 0) is 44.2 Å². The Morgan fingerprint density at radius 2 is 1.33 bits per heavy atom. The fourth-order valence-corrected chi connectivity index (χ4v) is 4.36. The van der Waals surface area contributed by atoms with Crippen LogP contribution in [0, 0.1) is 0 Å². The van der Waals surface area contributed by atoms with Crippen molar-refractivity contribution in [1.29, 1.82) is 0 Å². The molecule has 1 spiro atoms. The Hall–Kier alpha value is -1.68. The number of rotatable bonds is 2. The number of hydrogen-bond acceptors (Lipinski definition) is 3. The van der Waals surface area contributed by atoms with Gasteiger partial charge in [0.15, 0.2) is 5.79 Å². The minimum atomic E-state index is -0.511. The lowest BCUT2D eigenvalue weighted by Gasteiger charge is -2.46. The highest BCUT2D eigenvalue weighted by Gasteiger charge is 2.44. The SMILES string of the molecule is C[C@H]1CC[C@@]2(CCC[C@H](C)O2)O[C@H](c2ccccc2)[C@@H](c2ccccc2)O1. The zero-order valence-electron chi connectivity index (χ0n) is 16.3. The highest BCUT2D eigenvalue weighted by Crippen LogP contribution is 2.46. The fourth-order valence-electron chi connectivity index (χ4n) is 4.36. The summed E-state index contributed by atoms with van der Waals surface area (Å²) < 4.78 is 19.8. The van der Waals surface area contributed by atoms with Crippen LogP contribution in [0.15, 0.2) is 60.7 Å². The van der Waals surface area contributed by atoms with E-state index in [9.17, 15) is 0 Å². The van der Waals surface area contributed by atoms with Gasteiger partial charge in [-0.1, -0.05) is 60.7 Å². The maximum atomic E-state index is 6.84. The largest absolute Gasteiger partial charge is 0.367 e. The van der Waals surface area contributed by atoms with Crippen LogP contribution < -0.4 is 0 Å². The molecule has 0 bridgehead atoms. The number of benzene rings is 2. The van der Waals surface area contributed by atoms with Gasteiger partial charge >= 0.3 is 0 Å². The molecule has 2 aromatic carbocycles. The van der Waals surface area contributed by atoms with Gasteiger partial charge in [-0.25, -0.2) is 0 Å². The molecule has 2 aliphatic rings. The molecular formula is C24H30O3. The van der Waals surface area contributed by atoms with Crippen LogP contribution in [0.25, 0.3) is 0 Å². The smallest absolute Gasteiger partial charge is 0.169 e. The molecule has 2 saturated heterocycles. The minimum absolute atomic E-state index is 0.151. The molecule has 4 rings (SSSR count). The van der Waals surface area contributed by atoms with Crippen LogP contribution in [0.3, 0.4) is 0 Å². The molecule has 0 aliphatic carbocycles. The second-order valence-corrected chi connectivity index (χ2v) is 8.00. The number of ether oxygens (including phenoxy) is 3. The average Bonchev–Trinajstić information content (AvgIpc) is 2.70. The van der Waals surface area contributed by atoms with Crippen LogP contribution in [0.4, 0.5) is 0 Å². The first-order chi connectivity index (χ1) is 13.2. The zero-order valence-corrected chi connectivity index (χ0v) is 16.3. The van der Waals surface area contributed by atoms with Crippen LogP contribution >= 0.6 is 0 Å². The Labute approximate surface area is 162 Å². The van der Waals surface area contributed by atoms with Crippen LogP contribution in [0.1, 0.15) is 69.3 Å². The maximum absolute atomic E-state index is 6.84. The summed E-state index contributed by atoms with van der Waals surface area (Å²) in [7, 11) is 0. The van der Waals surface area contributed by atoms with Crippen molar-refractivity contribution >= 4 is 0 Å². The van der Waals surface area contributed by atoms with Crippen molar-refractivity contribution in [3.8, 4) is 0 Å². The predicted molar refractivity (Wildman–Crippen MR) is 106 cm³/mol. The summed E-state index contributed by atoms with van der Waals surface area (Å²) in [5, 5.41) is 0. The van der Waals surface area contributed by atoms with E-state index in [-0.39, 0.29) is 24.4 Å². The maximum Gasteiger partial charge on any atom is 0.169 e. The monoisotopic (exact) mass is 366 g/mol. The molecular weight excluding hydrogens is 336 g/mol. The third-order valence-electron chi connectivity index (χ3n) is 5.77. The molecule has 2 heterocycles. The lowest BCUT2D eigenvalue weighted by Crippen LogP contribution is -2.46. The van der Waals surface area contributed by atoms with E-state index in [1.807, 2.05) is 12.1 Å². The Morgan fingerprint density at radius 3 is 1.96 bits per heavy atom. The molecule has 5 atom stereocenters. The highest BCUT2D eigenvalue weighted by atomic mass is 16.7. The first kappa shape index (κ1) is 18.7. The van der Waals surface area contributed by atoms with E-state index in [0.29, 0.717) is 0 Å². The van der Waals surface area contributed by atoms with Crippen molar-refractivity contribution in [3.63, 3.8) is 0 Å². The Kier molecular flexibility index (Phi) is 5.63. The summed E-state index contributed by atoms with van der Waals surface area (Å²) in [6.07, 6.45) is 5.08. The normalized spacial score (nSPS) is 34.7. The topological polar surface area (TPSA) is 27.7 Å². The molecule has 2 fully saturated rings. The van der Waals surface area contributed by atoms with Crippen molar-refractivity contribution in [3.05, 3.63) is 71.8 Å². The summed E-state index contributed by atoms with van der Waals surface area (Å²) in [4.78, 5) is 0. The van der Waals surface area contributed by atoms with Crippen molar-refractivity contribution in [2.45, 2.75) is 76.2 Å². The standard InChI is InChI=1S/C24H30O3/c1-18-15-17-24(16-9-10-19(2)26-24)27-23(21-13-7-4-8-14-21)22(25-18)20-11-5-3-6-12-20/h3-8,11-14,18-19,22-23H,9-10,15-17H2,1-2H3/t18-,19-,22+,23+,24+/m0/s1. The summed E-state index contributed by atoms with van der Waals surface area (Å²) in [5.74, 6) is -0.511. The third-order valence-corrected chi connectivity index (χ3v) is 5.77. The molecule has 2 aliphatic heterocycles. The van der Waals surface area contributed by atoms with Crippen LogP contribution in [0.5, 0.6) is 0 Å². The predicted octanol–water partition coefficient (Wildman–Crippen LogP) is 5.97. The molecule has 3 nitrogen and oxygen atoms in total. The Balaban J connectivity index is 1.74. The van der Waals surface area contributed by atoms with Crippen LogP contribution in [-0.4, -0.2) is 18.0 Å². The van der Waals surface area contributed by atoms with Gasteiger partial charge in [-0.3, -0.25) is 0 Å². The van der Waals surface area contributed by atoms with Crippen LogP contribution in [0.2, 0.25) is 0 Å². The highest BCUT2D eigenvalue weighted by molar-refractivity contribution is 5.25. The zero-order chi connectivity index (χ0) is 18.7. The number of hydrogen-bond donors (Lipinski definition) is 0. The van der Waals surface area contributed by atoms with Crippen molar-refractivity contribution in [2.75, 3.05) is 0 Å². The second kappa shape index (κ2) is 8.14. The minimum Gasteiger partial charge on any atom is -0.367 e. The van der Waals surface area contributed by atoms with E-state index < -0.39 is 5.79 Å². The van der Waals surface area contributed by atoms with Gasteiger partial charge in [-0.15, -0.1) is 0 Å². The fraction of sp³-hybridized carbons (Fsp3) is 0.500. The van der Waals surface area contributed by atoms with Gasteiger partial charge < -0.3 is 14.2 Å². The van der Waals surface area contributed by atoms with Crippen molar-refractivity contribution in [1.82, 2.24) is 0 Å². The van der Waals surface area contributed by atoms with Crippen molar-refractivity contribution < 1.29 is 14.2 Å². The lowest BCUT2D eigenvalue weighted by atomic mass is 9.92. The summed E-state index contributed by atoms with van der Waals surface area (Å²) in [6, 6.07) is 20.9. The molecule has 0 unspecified atom stereocenters. The first-order valence-electron chi connectivity index (χ1n) is 10.3. The first-order valence-corrected chi connectivity index (χ1v) is 10.3. The van der Waals surface area contributed by atoms with Crippen molar-refractivity contribution in [2.24, 2.45) is 0 Å². The molecule has 2 aromatic rings. The third kappa shape index (κ3) is 4.26. The van der Waals surface area contributed by atoms with E-state index in [1.54, 1.807) is 0 Å². The van der Waals surface area contributed by atoms with E-state index in [1.165, 1.54) is 0 Å². The molecule has 0 N–H and O–H groups in total. The second-order valence-electron chi connectivity index (χ2n) is 8.00. The van der Waals surface area contributed by atoms with E-state index in [2.05, 4.69) is 62.4 Å². The Morgan fingerprint density at radius 1 is 0.704 bits per heavy atom. The molecule has 0 aromatic heterocycles. The molecule has 0 amide bonds. The molecule has 0 saturated carbocycles. The van der Waals surface area contributed by atoms with Gasteiger partial charge in [0.05, 0.1) is 12.2 Å². The molecule has 0 radical (unpaired) electrons.